The molecule has 0 N–H and O–H groups in total. The van der Waals surface area contributed by atoms with Gasteiger partial charge < -0.3 is 4.74 Å². The van der Waals surface area contributed by atoms with Crippen LogP contribution in [0.5, 0.6) is 0 Å². The molecule has 68 valence electrons. The molecule has 1 unspecified atom stereocenters. The van der Waals surface area contributed by atoms with Crippen LogP contribution in [0, 0.1) is 11.8 Å². The van der Waals surface area contributed by atoms with E-state index in [0.717, 1.165) is 18.9 Å². The summed E-state index contributed by atoms with van der Waals surface area (Å²) in [6, 6.07) is 0. The molecule has 0 amide bonds. The van der Waals surface area contributed by atoms with Crippen LogP contribution >= 0.6 is 11.6 Å². The molecule has 0 rings (SSSR count). The number of hydrogen-bond donors (Lipinski definition) is 0. The molecule has 0 saturated heterocycles. The maximum atomic E-state index is 5.61. The predicted molar refractivity (Wildman–Crippen MR) is 50.2 cm³/mol. The van der Waals surface area contributed by atoms with Crippen molar-refractivity contribution in [2.75, 3.05) is 19.6 Å². The molecule has 0 aromatic rings. The van der Waals surface area contributed by atoms with Crippen molar-refractivity contribution in [3.8, 4) is 0 Å². The van der Waals surface area contributed by atoms with Gasteiger partial charge in [0.15, 0.2) is 0 Å². The minimum absolute atomic E-state index is 0.679. The lowest BCUT2D eigenvalue weighted by Crippen LogP contribution is -2.14. The second kappa shape index (κ2) is 6.93. The summed E-state index contributed by atoms with van der Waals surface area (Å²) in [5.74, 6) is 2.16. The summed E-state index contributed by atoms with van der Waals surface area (Å²) < 4.78 is 5.12. The van der Waals surface area contributed by atoms with Crippen molar-refractivity contribution in [1.82, 2.24) is 0 Å². The Morgan fingerprint density at radius 1 is 1.36 bits per heavy atom. The lowest BCUT2D eigenvalue weighted by molar-refractivity contribution is 0.124. The van der Waals surface area contributed by atoms with E-state index in [1.807, 2.05) is 0 Å². The van der Waals surface area contributed by atoms with Gasteiger partial charge in [0.05, 0.1) is 0 Å². The fraction of sp³-hybridized carbons (Fsp3) is 1.00. The lowest BCUT2D eigenvalue weighted by atomic mass is 9.92. The molecule has 0 radical (unpaired) electrons. The van der Waals surface area contributed by atoms with Crippen LogP contribution in [0.4, 0.5) is 0 Å². The maximum Gasteiger partial charge on any atom is 0.0492 e. The predicted octanol–water partition coefficient (Wildman–Crippen LogP) is 2.92. The molecule has 0 aromatic heterocycles. The molecule has 0 heterocycles. The van der Waals surface area contributed by atoms with Crippen molar-refractivity contribution >= 4 is 11.6 Å². The highest BCUT2D eigenvalue weighted by molar-refractivity contribution is 6.17. The SMILES string of the molecule is COCC(CCCCl)C(C)C. The number of ether oxygens (including phenoxy) is 1. The number of methoxy groups -OCH3 is 1. The second-order valence-electron chi connectivity index (χ2n) is 3.29. The van der Waals surface area contributed by atoms with Gasteiger partial charge in [-0.25, -0.2) is 0 Å². The Morgan fingerprint density at radius 3 is 2.36 bits per heavy atom. The summed E-state index contributed by atoms with van der Waals surface area (Å²) in [6.45, 7) is 5.34. The molecule has 2 heteroatoms. The molecule has 0 aliphatic rings. The minimum atomic E-state index is 0.679. The molecular weight excluding hydrogens is 160 g/mol. The Balaban J connectivity index is 3.51. The third kappa shape index (κ3) is 5.51. The highest BCUT2D eigenvalue weighted by Gasteiger charge is 2.11. The van der Waals surface area contributed by atoms with Crippen LogP contribution in [-0.4, -0.2) is 19.6 Å². The second-order valence-corrected chi connectivity index (χ2v) is 3.67. The number of halogens is 1. The van der Waals surface area contributed by atoms with Gasteiger partial charge in [-0.3, -0.25) is 0 Å². The van der Waals surface area contributed by atoms with Gasteiger partial charge in [-0.1, -0.05) is 13.8 Å². The van der Waals surface area contributed by atoms with Crippen molar-refractivity contribution in [3.05, 3.63) is 0 Å². The van der Waals surface area contributed by atoms with Gasteiger partial charge in [-0.2, -0.15) is 0 Å². The molecule has 0 spiro atoms. The van der Waals surface area contributed by atoms with Gasteiger partial charge >= 0.3 is 0 Å². The van der Waals surface area contributed by atoms with Gasteiger partial charge in [-0.05, 0) is 24.7 Å². The Hall–Kier alpha value is 0.250. The maximum absolute atomic E-state index is 5.61. The monoisotopic (exact) mass is 178 g/mol. The first-order valence-electron chi connectivity index (χ1n) is 4.27. The van der Waals surface area contributed by atoms with Crippen LogP contribution in [0.25, 0.3) is 0 Å². The normalized spacial score (nSPS) is 13.9. The van der Waals surface area contributed by atoms with E-state index >= 15 is 0 Å². The summed E-state index contributed by atoms with van der Waals surface area (Å²) in [4.78, 5) is 0. The Labute approximate surface area is 75.1 Å². The highest BCUT2D eigenvalue weighted by Crippen LogP contribution is 2.17. The first kappa shape index (κ1) is 11.2. The third-order valence-electron chi connectivity index (χ3n) is 2.03. The minimum Gasteiger partial charge on any atom is -0.384 e. The Kier molecular flexibility index (Phi) is 7.09. The summed E-state index contributed by atoms with van der Waals surface area (Å²) in [7, 11) is 1.76. The van der Waals surface area contributed by atoms with E-state index in [2.05, 4.69) is 13.8 Å². The first-order chi connectivity index (χ1) is 5.22. The lowest BCUT2D eigenvalue weighted by Gasteiger charge is -2.18. The van der Waals surface area contributed by atoms with E-state index in [1.54, 1.807) is 7.11 Å². The van der Waals surface area contributed by atoms with Gasteiger partial charge in [0.1, 0.15) is 0 Å². The smallest absolute Gasteiger partial charge is 0.0492 e. The molecule has 0 bridgehead atoms. The molecule has 1 nitrogen and oxygen atoms in total. The van der Waals surface area contributed by atoms with E-state index in [9.17, 15) is 0 Å². The molecule has 1 atom stereocenters. The molecule has 0 aromatic carbocycles. The Bertz CT molecular complexity index is 83.6. The third-order valence-corrected chi connectivity index (χ3v) is 2.30. The summed E-state index contributed by atoms with van der Waals surface area (Å²) >= 11 is 5.61. The van der Waals surface area contributed by atoms with E-state index in [-0.39, 0.29) is 0 Å². The molecule has 11 heavy (non-hydrogen) atoms. The van der Waals surface area contributed by atoms with Gasteiger partial charge in [0.25, 0.3) is 0 Å². The van der Waals surface area contributed by atoms with Crippen molar-refractivity contribution in [2.24, 2.45) is 11.8 Å². The fourth-order valence-corrected chi connectivity index (χ4v) is 1.32. The van der Waals surface area contributed by atoms with Crippen LogP contribution in [0.1, 0.15) is 26.7 Å². The average Bonchev–Trinajstić information content (AvgIpc) is 1.97. The van der Waals surface area contributed by atoms with Gasteiger partial charge in [0.2, 0.25) is 0 Å². The van der Waals surface area contributed by atoms with Crippen molar-refractivity contribution in [2.45, 2.75) is 26.7 Å². The molecule has 0 aliphatic heterocycles. The Morgan fingerprint density at radius 2 is 2.00 bits per heavy atom. The summed E-state index contributed by atoms with van der Waals surface area (Å²) in [5, 5.41) is 0. The van der Waals surface area contributed by atoms with Crippen molar-refractivity contribution in [1.29, 1.82) is 0 Å². The molecular formula is C9H19ClO. The van der Waals surface area contributed by atoms with Crippen LogP contribution in [0.2, 0.25) is 0 Å². The van der Waals surface area contributed by atoms with Crippen LogP contribution in [0.15, 0.2) is 0 Å². The number of hydrogen-bond acceptors (Lipinski definition) is 1. The molecule has 0 fully saturated rings. The zero-order valence-electron chi connectivity index (χ0n) is 7.77. The first-order valence-corrected chi connectivity index (χ1v) is 4.80. The van der Waals surface area contributed by atoms with Crippen LogP contribution in [-0.2, 0) is 4.74 Å². The van der Waals surface area contributed by atoms with E-state index in [4.69, 9.17) is 16.3 Å². The average molecular weight is 179 g/mol. The molecule has 0 saturated carbocycles. The largest absolute Gasteiger partial charge is 0.384 e. The molecule has 0 aliphatic carbocycles. The van der Waals surface area contributed by atoms with Gasteiger partial charge in [0, 0.05) is 19.6 Å². The standard InChI is InChI=1S/C9H19ClO/c1-8(2)9(7-11-3)5-4-6-10/h8-9H,4-7H2,1-3H3. The van der Waals surface area contributed by atoms with E-state index < -0.39 is 0 Å². The number of rotatable bonds is 6. The zero-order chi connectivity index (χ0) is 8.69. The van der Waals surface area contributed by atoms with Crippen LogP contribution < -0.4 is 0 Å². The fourth-order valence-electron chi connectivity index (χ4n) is 1.16. The van der Waals surface area contributed by atoms with Crippen LogP contribution in [0.3, 0.4) is 0 Å². The van der Waals surface area contributed by atoms with E-state index in [0.29, 0.717) is 11.8 Å². The van der Waals surface area contributed by atoms with Gasteiger partial charge in [-0.15, -0.1) is 11.6 Å². The highest BCUT2D eigenvalue weighted by atomic mass is 35.5. The van der Waals surface area contributed by atoms with E-state index in [1.165, 1.54) is 6.42 Å². The quantitative estimate of drug-likeness (QED) is 0.569. The number of alkyl halides is 1. The zero-order valence-corrected chi connectivity index (χ0v) is 8.53. The summed E-state index contributed by atoms with van der Waals surface area (Å²) in [6.07, 6.45) is 2.29. The van der Waals surface area contributed by atoms with Crippen molar-refractivity contribution < 1.29 is 4.74 Å². The van der Waals surface area contributed by atoms with Crippen molar-refractivity contribution in [3.63, 3.8) is 0 Å². The topological polar surface area (TPSA) is 9.23 Å². The summed E-state index contributed by atoms with van der Waals surface area (Å²) in [5.41, 5.74) is 0.